The SMILES string of the molecule is CCCCCC/C=C\CCCCCCCC(=O)OC(COCCCCCCCCCCCCCCCCCCCCCCCC)COP(=O)(O)OC1C(O)C(O)C(O)C(O)C1O. The summed E-state index contributed by atoms with van der Waals surface area (Å²) in [5.41, 5.74) is 0. The summed E-state index contributed by atoms with van der Waals surface area (Å²) in [6.07, 6.45) is 32.9. The van der Waals surface area contributed by atoms with Crippen LogP contribution in [0.1, 0.15) is 232 Å². The molecule has 1 saturated carbocycles. The maximum absolute atomic E-state index is 12.8. The summed E-state index contributed by atoms with van der Waals surface area (Å²) in [5, 5.41) is 50.2. The Morgan fingerprint density at radius 1 is 0.500 bits per heavy atom. The van der Waals surface area contributed by atoms with Crippen molar-refractivity contribution in [3.05, 3.63) is 12.2 Å². The van der Waals surface area contributed by atoms with Gasteiger partial charge in [-0.25, -0.2) is 4.57 Å². The third-order valence-corrected chi connectivity index (χ3v) is 13.1. The summed E-state index contributed by atoms with van der Waals surface area (Å²) in [5.74, 6) is -0.482. The smallest absolute Gasteiger partial charge is 0.457 e. The largest absolute Gasteiger partial charge is 0.472 e. The van der Waals surface area contributed by atoms with E-state index < -0.39 is 63.1 Å². The van der Waals surface area contributed by atoms with E-state index in [-0.39, 0.29) is 13.0 Å². The number of aliphatic hydroxyl groups is 5. The van der Waals surface area contributed by atoms with Crippen molar-refractivity contribution < 1.29 is 58.3 Å². The number of aliphatic hydroxyl groups excluding tert-OH is 5. The van der Waals surface area contributed by atoms with E-state index in [0.717, 1.165) is 57.8 Å². The number of phosphoric acid groups is 1. The summed E-state index contributed by atoms with van der Waals surface area (Å²) in [4.78, 5) is 23.2. The Bertz CT molecular complexity index is 1080. The minimum Gasteiger partial charge on any atom is -0.457 e. The van der Waals surface area contributed by atoms with Gasteiger partial charge in [0.15, 0.2) is 0 Å². The molecule has 0 aliphatic heterocycles. The number of hydrogen-bond acceptors (Lipinski definition) is 11. The normalized spacial score (nSPS) is 22.0. The van der Waals surface area contributed by atoms with Crippen molar-refractivity contribution in [2.75, 3.05) is 19.8 Å². The molecule has 0 aromatic heterocycles. The van der Waals surface area contributed by atoms with Crippen LogP contribution in [-0.2, 0) is 27.9 Å². The molecule has 1 aliphatic rings. The van der Waals surface area contributed by atoms with E-state index in [2.05, 4.69) is 26.0 Å². The van der Waals surface area contributed by atoms with E-state index in [1.807, 2.05) is 0 Å². The predicted octanol–water partition coefficient (Wildman–Crippen LogP) is 11.1. The molecule has 6 N–H and O–H groups in total. The van der Waals surface area contributed by atoms with Crippen molar-refractivity contribution in [2.45, 2.75) is 275 Å². The summed E-state index contributed by atoms with van der Waals surface area (Å²) in [6.45, 7) is 4.27. The molecule has 0 aromatic carbocycles. The standard InChI is InChI=1S/C49H95O12P/c1-3-5-7-9-11-13-15-17-18-19-20-21-22-23-24-25-27-29-31-33-35-37-39-58-40-42(41-59-62(56,57)61-49-47(54)45(52)44(51)46(53)48(49)55)60-43(50)38-36-34-32-30-28-26-16-14-12-10-8-6-4-2/h14,16,42,44-49,51-55H,3-13,15,17-41H2,1-2H3,(H,56,57)/b16-14-. The van der Waals surface area contributed by atoms with Crippen LogP contribution in [0.4, 0.5) is 0 Å². The molecule has 368 valence electrons. The van der Waals surface area contributed by atoms with Crippen LogP contribution in [0.25, 0.3) is 0 Å². The molecule has 1 fully saturated rings. The van der Waals surface area contributed by atoms with Crippen molar-refractivity contribution in [2.24, 2.45) is 0 Å². The number of esters is 1. The summed E-state index contributed by atoms with van der Waals surface area (Å²) < 4.78 is 34.2. The Morgan fingerprint density at radius 2 is 0.855 bits per heavy atom. The fourth-order valence-electron chi connectivity index (χ4n) is 8.06. The van der Waals surface area contributed by atoms with Crippen LogP contribution in [0.15, 0.2) is 12.2 Å². The molecular weight excluding hydrogens is 812 g/mol. The molecule has 0 heterocycles. The van der Waals surface area contributed by atoms with Gasteiger partial charge in [-0.2, -0.15) is 0 Å². The Balaban J connectivity index is 2.30. The van der Waals surface area contributed by atoms with Crippen LogP contribution in [0.3, 0.4) is 0 Å². The van der Waals surface area contributed by atoms with Gasteiger partial charge >= 0.3 is 13.8 Å². The van der Waals surface area contributed by atoms with Gasteiger partial charge in [0.25, 0.3) is 0 Å². The minimum atomic E-state index is -5.02. The van der Waals surface area contributed by atoms with Crippen LogP contribution in [0.5, 0.6) is 0 Å². The van der Waals surface area contributed by atoms with Crippen LogP contribution < -0.4 is 0 Å². The zero-order valence-electron chi connectivity index (χ0n) is 39.4. The van der Waals surface area contributed by atoms with Crippen LogP contribution in [0, 0.1) is 0 Å². The first-order chi connectivity index (χ1) is 30.0. The van der Waals surface area contributed by atoms with E-state index in [1.165, 1.54) is 148 Å². The van der Waals surface area contributed by atoms with Gasteiger partial charge in [0, 0.05) is 13.0 Å². The monoisotopic (exact) mass is 907 g/mol. The number of rotatable bonds is 44. The van der Waals surface area contributed by atoms with Gasteiger partial charge in [-0.3, -0.25) is 13.8 Å². The lowest BCUT2D eigenvalue weighted by molar-refractivity contribution is -0.220. The molecular formula is C49H95O12P. The molecule has 0 spiro atoms. The first-order valence-corrected chi connectivity index (χ1v) is 27.0. The molecule has 62 heavy (non-hydrogen) atoms. The zero-order chi connectivity index (χ0) is 45.5. The second-order valence-electron chi connectivity index (χ2n) is 18.0. The van der Waals surface area contributed by atoms with Crippen molar-refractivity contribution in [1.29, 1.82) is 0 Å². The lowest BCUT2D eigenvalue weighted by Crippen LogP contribution is -2.64. The zero-order valence-corrected chi connectivity index (χ0v) is 40.3. The molecule has 1 rings (SSSR count). The van der Waals surface area contributed by atoms with Gasteiger partial charge in [-0.1, -0.05) is 199 Å². The topological polar surface area (TPSA) is 192 Å². The van der Waals surface area contributed by atoms with Gasteiger partial charge in [-0.15, -0.1) is 0 Å². The third kappa shape index (κ3) is 31.9. The Hall–Kier alpha value is -0.920. The van der Waals surface area contributed by atoms with Gasteiger partial charge < -0.3 is 39.9 Å². The van der Waals surface area contributed by atoms with Crippen LogP contribution in [0.2, 0.25) is 0 Å². The predicted molar refractivity (Wildman–Crippen MR) is 249 cm³/mol. The quantitative estimate of drug-likeness (QED) is 0.0147. The average molecular weight is 907 g/mol. The summed E-state index contributed by atoms with van der Waals surface area (Å²) in [7, 11) is -5.02. The van der Waals surface area contributed by atoms with Gasteiger partial charge in [-0.05, 0) is 38.5 Å². The van der Waals surface area contributed by atoms with Gasteiger partial charge in [0.05, 0.1) is 13.2 Å². The number of carbonyl (C=O) groups excluding carboxylic acids is 1. The fraction of sp³-hybridized carbons (Fsp3) is 0.939. The van der Waals surface area contributed by atoms with Crippen LogP contribution in [-0.4, -0.2) is 98.9 Å². The number of carbonyl (C=O) groups is 1. The molecule has 6 atom stereocenters. The first kappa shape index (κ1) is 59.1. The lowest BCUT2D eigenvalue weighted by atomic mass is 9.85. The molecule has 13 heteroatoms. The Kier molecular flexibility index (Phi) is 38.5. The maximum Gasteiger partial charge on any atom is 0.472 e. The Morgan fingerprint density at radius 3 is 1.29 bits per heavy atom. The molecule has 0 bridgehead atoms. The van der Waals surface area contributed by atoms with Crippen molar-refractivity contribution in [3.63, 3.8) is 0 Å². The fourth-order valence-corrected chi connectivity index (χ4v) is 9.03. The van der Waals surface area contributed by atoms with Crippen molar-refractivity contribution >= 4 is 13.8 Å². The number of hydrogen-bond donors (Lipinski definition) is 6. The molecule has 0 radical (unpaired) electrons. The second kappa shape index (κ2) is 40.4. The molecule has 0 saturated heterocycles. The van der Waals surface area contributed by atoms with E-state index in [9.17, 15) is 39.8 Å². The summed E-state index contributed by atoms with van der Waals surface area (Å²) >= 11 is 0. The van der Waals surface area contributed by atoms with Crippen molar-refractivity contribution in [3.8, 4) is 0 Å². The van der Waals surface area contributed by atoms with E-state index in [1.54, 1.807) is 0 Å². The summed E-state index contributed by atoms with van der Waals surface area (Å²) in [6, 6.07) is 0. The molecule has 0 amide bonds. The van der Waals surface area contributed by atoms with Gasteiger partial charge in [0.1, 0.15) is 42.7 Å². The van der Waals surface area contributed by atoms with Crippen LogP contribution >= 0.6 is 7.82 Å². The highest BCUT2D eigenvalue weighted by atomic mass is 31.2. The van der Waals surface area contributed by atoms with E-state index in [4.69, 9.17) is 18.5 Å². The third-order valence-electron chi connectivity index (χ3n) is 12.1. The number of ether oxygens (including phenoxy) is 2. The minimum absolute atomic E-state index is 0.0740. The molecule has 12 nitrogen and oxygen atoms in total. The number of allylic oxidation sites excluding steroid dienone is 2. The van der Waals surface area contributed by atoms with E-state index in [0.29, 0.717) is 13.0 Å². The maximum atomic E-state index is 12.8. The van der Waals surface area contributed by atoms with E-state index >= 15 is 0 Å². The van der Waals surface area contributed by atoms with Crippen molar-refractivity contribution in [1.82, 2.24) is 0 Å². The highest BCUT2D eigenvalue weighted by Gasteiger charge is 2.51. The average Bonchev–Trinajstić information content (AvgIpc) is 3.26. The molecule has 1 aliphatic carbocycles. The van der Waals surface area contributed by atoms with Gasteiger partial charge in [0.2, 0.25) is 0 Å². The molecule has 6 unspecified atom stereocenters. The second-order valence-corrected chi connectivity index (χ2v) is 19.4. The lowest BCUT2D eigenvalue weighted by Gasteiger charge is -2.41. The highest BCUT2D eigenvalue weighted by Crippen LogP contribution is 2.47. The number of phosphoric ester groups is 1. The number of unbranched alkanes of at least 4 members (excludes halogenated alkanes) is 30. The first-order valence-electron chi connectivity index (χ1n) is 25.5. The highest BCUT2D eigenvalue weighted by molar-refractivity contribution is 7.47. The molecule has 0 aromatic rings. The Labute approximate surface area is 377 Å².